The average molecular weight is 411 g/mol. The summed E-state index contributed by atoms with van der Waals surface area (Å²) in [5.41, 5.74) is 0. The van der Waals surface area contributed by atoms with Crippen molar-refractivity contribution in [2.45, 2.75) is 56.4 Å². The van der Waals surface area contributed by atoms with Gasteiger partial charge in [0.25, 0.3) is 0 Å². The van der Waals surface area contributed by atoms with Gasteiger partial charge in [-0.05, 0) is 44.5 Å². The van der Waals surface area contributed by atoms with Gasteiger partial charge in [-0.3, -0.25) is 4.79 Å². The lowest BCUT2D eigenvalue weighted by molar-refractivity contribution is -0.155. The fourth-order valence-electron chi connectivity index (χ4n) is 2.88. The normalized spacial score (nSPS) is 24.1. The number of aliphatic hydroxyl groups is 1. The number of hydrogen-bond acceptors (Lipinski definition) is 6. The van der Waals surface area contributed by atoms with Crippen molar-refractivity contribution in [3.8, 4) is 17.6 Å². The maximum atomic E-state index is 13.0. The summed E-state index contributed by atoms with van der Waals surface area (Å²) < 4.78 is 37.8. The quantitative estimate of drug-likeness (QED) is 0.674. The number of aliphatic hydroxyl groups excluding tert-OH is 1. The first-order valence-electron chi connectivity index (χ1n) is 8.96. The summed E-state index contributed by atoms with van der Waals surface area (Å²) in [5, 5.41) is 18.8. The molecular formula is C19H25NO7S. The Hall–Kier alpha value is -2.12. The van der Waals surface area contributed by atoms with Crippen LogP contribution in [0.1, 0.15) is 27.2 Å². The zero-order valence-electron chi connectivity index (χ0n) is 16.0. The van der Waals surface area contributed by atoms with E-state index in [1.54, 1.807) is 13.8 Å². The van der Waals surface area contributed by atoms with Crippen LogP contribution in [0.5, 0.6) is 5.75 Å². The Labute approximate surface area is 165 Å². The van der Waals surface area contributed by atoms with E-state index in [-0.39, 0.29) is 18.0 Å². The highest BCUT2D eigenvalue weighted by atomic mass is 32.2. The van der Waals surface area contributed by atoms with Crippen LogP contribution in [0.2, 0.25) is 0 Å². The van der Waals surface area contributed by atoms with Gasteiger partial charge in [-0.15, -0.1) is 0 Å². The minimum Gasteiger partial charge on any atom is -0.481 e. The molecule has 1 aromatic carbocycles. The van der Waals surface area contributed by atoms with E-state index < -0.39 is 40.3 Å². The lowest BCUT2D eigenvalue weighted by atomic mass is 10.1. The van der Waals surface area contributed by atoms with Crippen LogP contribution in [0.3, 0.4) is 0 Å². The minimum atomic E-state index is -4.02. The van der Waals surface area contributed by atoms with E-state index in [0.717, 1.165) is 4.31 Å². The second-order valence-electron chi connectivity index (χ2n) is 6.51. The molecule has 0 saturated carbocycles. The third-order valence-corrected chi connectivity index (χ3v) is 6.15. The van der Waals surface area contributed by atoms with Gasteiger partial charge in [-0.2, -0.15) is 4.31 Å². The first kappa shape index (κ1) is 22.2. The molecule has 4 unspecified atom stereocenters. The molecule has 1 saturated heterocycles. The Morgan fingerprint density at radius 2 is 2.00 bits per heavy atom. The zero-order valence-corrected chi connectivity index (χ0v) is 16.8. The van der Waals surface area contributed by atoms with Crippen molar-refractivity contribution >= 4 is 16.0 Å². The number of sulfonamides is 1. The van der Waals surface area contributed by atoms with E-state index in [0.29, 0.717) is 12.2 Å². The molecular weight excluding hydrogens is 386 g/mol. The number of hydrogen-bond donors (Lipinski definition) is 2. The number of carboxylic acids is 1. The highest BCUT2D eigenvalue weighted by Crippen LogP contribution is 2.27. The first-order chi connectivity index (χ1) is 13.2. The number of morpholine rings is 1. The van der Waals surface area contributed by atoms with Crippen LogP contribution in [0.25, 0.3) is 0 Å². The first-order valence-corrected chi connectivity index (χ1v) is 10.4. The zero-order chi connectivity index (χ0) is 20.9. The smallest absolute Gasteiger partial charge is 0.324 e. The Bertz CT molecular complexity index is 841. The van der Waals surface area contributed by atoms with Gasteiger partial charge in [-0.1, -0.05) is 18.8 Å². The van der Waals surface area contributed by atoms with E-state index in [9.17, 15) is 23.4 Å². The minimum absolute atomic E-state index is 0.0279. The molecule has 2 rings (SSSR count). The van der Waals surface area contributed by atoms with Gasteiger partial charge >= 0.3 is 5.97 Å². The summed E-state index contributed by atoms with van der Waals surface area (Å²) in [4.78, 5) is 11.6. The summed E-state index contributed by atoms with van der Waals surface area (Å²) >= 11 is 0. The molecule has 1 aromatic rings. The second-order valence-corrected chi connectivity index (χ2v) is 8.41. The van der Waals surface area contributed by atoms with Crippen molar-refractivity contribution in [3.63, 3.8) is 0 Å². The van der Waals surface area contributed by atoms with Gasteiger partial charge in [0.2, 0.25) is 10.0 Å². The lowest BCUT2D eigenvalue weighted by Gasteiger charge is -2.39. The predicted octanol–water partition coefficient (Wildman–Crippen LogP) is 1.09. The summed E-state index contributed by atoms with van der Waals surface area (Å²) in [6, 6.07) is 4.39. The molecule has 9 heteroatoms. The molecule has 1 aliphatic rings. The molecule has 0 spiro atoms. The highest BCUT2D eigenvalue weighted by molar-refractivity contribution is 7.89. The molecule has 0 aromatic heterocycles. The van der Waals surface area contributed by atoms with E-state index >= 15 is 0 Å². The molecule has 28 heavy (non-hydrogen) atoms. The molecule has 1 aliphatic heterocycles. The molecule has 4 atom stereocenters. The van der Waals surface area contributed by atoms with Crippen LogP contribution >= 0.6 is 0 Å². The topological polar surface area (TPSA) is 113 Å². The van der Waals surface area contributed by atoms with Crippen molar-refractivity contribution in [2.24, 2.45) is 0 Å². The van der Waals surface area contributed by atoms with Crippen molar-refractivity contribution in [1.29, 1.82) is 0 Å². The van der Waals surface area contributed by atoms with Gasteiger partial charge in [0, 0.05) is 6.54 Å². The molecule has 154 valence electrons. The Morgan fingerprint density at radius 3 is 2.57 bits per heavy atom. The van der Waals surface area contributed by atoms with Crippen molar-refractivity contribution in [1.82, 2.24) is 4.31 Å². The van der Waals surface area contributed by atoms with Crippen molar-refractivity contribution in [2.75, 3.05) is 13.2 Å². The summed E-state index contributed by atoms with van der Waals surface area (Å²) in [5.74, 6) is 4.46. The third kappa shape index (κ3) is 5.23. The number of rotatable bonds is 6. The summed E-state index contributed by atoms with van der Waals surface area (Å²) in [7, 11) is -4.02. The second kappa shape index (κ2) is 9.39. The van der Waals surface area contributed by atoms with E-state index in [1.807, 2.05) is 6.92 Å². The molecule has 8 nitrogen and oxygen atoms in total. The van der Waals surface area contributed by atoms with E-state index in [2.05, 4.69) is 11.8 Å². The van der Waals surface area contributed by atoms with Crippen LogP contribution in [0.4, 0.5) is 0 Å². The number of carbonyl (C=O) groups is 1. The van der Waals surface area contributed by atoms with Gasteiger partial charge < -0.3 is 19.7 Å². The highest BCUT2D eigenvalue weighted by Gasteiger charge is 2.44. The van der Waals surface area contributed by atoms with Gasteiger partial charge in [0.15, 0.2) is 0 Å². The van der Waals surface area contributed by atoms with Crippen LogP contribution < -0.4 is 4.74 Å². The van der Waals surface area contributed by atoms with E-state index in [1.165, 1.54) is 24.3 Å². The number of ether oxygens (including phenoxy) is 2. The SMILES string of the molecule is CCC(O)C#CCOc1ccc(S(=O)(=O)N2CC(C)OC(C)C2C(=O)O)cc1. The Balaban J connectivity index is 2.16. The van der Waals surface area contributed by atoms with Crippen molar-refractivity contribution in [3.05, 3.63) is 24.3 Å². The van der Waals surface area contributed by atoms with Gasteiger partial charge in [0.1, 0.15) is 24.5 Å². The Morgan fingerprint density at radius 1 is 1.36 bits per heavy atom. The largest absolute Gasteiger partial charge is 0.481 e. The van der Waals surface area contributed by atoms with Crippen molar-refractivity contribution < 1.29 is 32.9 Å². The summed E-state index contributed by atoms with van der Waals surface area (Å²) in [6.45, 7) is 5.07. The van der Waals surface area contributed by atoms with Gasteiger partial charge in [-0.25, -0.2) is 8.42 Å². The molecule has 0 amide bonds. The maximum Gasteiger partial charge on any atom is 0.324 e. The number of benzene rings is 1. The number of aliphatic carboxylic acids is 1. The monoisotopic (exact) mass is 411 g/mol. The Kier molecular flexibility index (Phi) is 7.43. The molecule has 1 heterocycles. The third-order valence-electron chi connectivity index (χ3n) is 4.29. The van der Waals surface area contributed by atoms with Crippen LogP contribution in [0.15, 0.2) is 29.2 Å². The number of nitrogens with zero attached hydrogens (tertiary/aromatic N) is 1. The van der Waals surface area contributed by atoms with Crippen LogP contribution in [-0.2, 0) is 19.6 Å². The standard InChI is InChI=1S/C19H25NO7S/c1-4-15(21)6-5-11-26-16-7-9-17(10-8-16)28(24,25)20-12-13(2)27-14(3)18(20)19(22)23/h7-10,13-15,18,21H,4,11-12H2,1-3H3,(H,22,23). The average Bonchev–Trinajstić information content (AvgIpc) is 2.64. The van der Waals surface area contributed by atoms with Crippen LogP contribution in [-0.4, -0.2) is 66.4 Å². The molecule has 0 aliphatic carbocycles. The lowest BCUT2D eigenvalue weighted by Crippen LogP contribution is -2.58. The predicted molar refractivity (Wildman–Crippen MR) is 101 cm³/mol. The molecule has 1 fully saturated rings. The molecule has 0 radical (unpaired) electrons. The number of carboxylic acid groups (broad SMARTS) is 1. The fourth-order valence-corrected chi connectivity index (χ4v) is 4.60. The maximum absolute atomic E-state index is 13.0. The van der Waals surface area contributed by atoms with E-state index in [4.69, 9.17) is 9.47 Å². The fraction of sp³-hybridized carbons (Fsp3) is 0.526. The summed E-state index contributed by atoms with van der Waals surface area (Å²) in [6.07, 6.45) is -1.36. The van der Waals surface area contributed by atoms with Crippen LogP contribution in [0, 0.1) is 11.8 Å². The molecule has 0 bridgehead atoms. The van der Waals surface area contributed by atoms with Gasteiger partial charge in [0.05, 0.1) is 17.1 Å². The molecule has 2 N–H and O–H groups in total.